The van der Waals surface area contributed by atoms with Gasteiger partial charge in [-0.3, -0.25) is 4.79 Å². The van der Waals surface area contributed by atoms with Gasteiger partial charge < -0.3 is 19.5 Å². The van der Waals surface area contributed by atoms with Crippen molar-refractivity contribution >= 4 is 5.91 Å². The fourth-order valence-electron chi connectivity index (χ4n) is 3.04. The Bertz CT molecular complexity index is 775. The quantitative estimate of drug-likeness (QED) is 0.743. The first-order chi connectivity index (χ1) is 13.2. The minimum atomic E-state index is -0.125. The van der Waals surface area contributed by atoms with Gasteiger partial charge in [0.2, 0.25) is 0 Å². The van der Waals surface area contributed by atoms with Crippen LogP contribution in [0.5, 0.6) is 17.2 Å². The maximum Gasteiger partial charge on any atom is 0.251 e. The van der Waals surface area contributed by atoms with Crippen LogP contribution >= 0.6 is 0 Å². The van der Waals surface area contributed by atoms with Crippen LogP contribution in [0.2, 0.25) is 0 Å². The van der Waals surface area contributed by atoms with Crippen molar-refractivity contribution < 1.29 is 19.0 Å². The highest BCUT2D eigenvalue weighted by molar-refractivity contribution is 5.95. The highest BCUT2D eigenvalue weighted by Crippen LogP contribution is 2.33. The molecule has 0 saturated heterocycles. The van der Waals surface area contributed by atoms with Gasteiger partial charge in [0.05, 0.1) is 25.9 Å². The van der Waals surface area contributed by atoms with Gasteiger partial charge in [0, 0.05) is 17.5 Å². The maximum atomic E-state index is 12.8. The molecule has 1 aliphatic rings. The van der Waals surface area contributed by atoms with Crippen LogP contribution < -0.4 is 19.5 Å². The van der Waals surface area contributed by atoms with Crippen LogP contribution in [0.4, 0.5) is 0 Å². The Kier molecular flexibility index (Phi) is 6.58. The van der Waals surface area contributed by atoms with Crippen LogP contribution in [-0.2, 0) is 0 Å². The molecular weight excluding hydrogens is 342 g/mol. The van der Waals surface area contributed by atoms with E-state index < -0.39 is 0 Å². The molecule has 1 N–H and O–H groups in total. The molecular formula is C22H27NO4. The number of fused-ring (bicyclic) bond motifs is 1. The number of hydrogen-bond donors (Lipinski definition) is 1. The first kappa shape index (κ1) is 19.1. The zero-order valence-corrected chi connectivity index (χ0v) is 16.0. The van der Waals surface area contributed by atoms with Gasteiger partial charge >= 0.3 is 0 Å². The van der Waals surface area contributed by atoms with E-state index in [0.29, 0.717) is 36.9 Å². The number of amides is 1. The summed E-state index contributed by atoms with van der Waals surface area (Å²) in [5.41, 5.74) is 1.58. The maximum absolute atomic E-state index is 12.8. The molecule has 0 radical (unpaired) electrons. The van der Waals surface area contributed by atoms with Crippen molar-refractivity contribution in [1.29, 1.82) is 0 Å². The van der Waals surface area contributed by atoms with E-state index in [-0.39, 0.29) is 11.9 Å². The van der Waals surface area contributed by atoms with Crippen molar-refractivity contribution in [3.05, 3.63) is 53.6 Å². The average molecular weight is 369 g/mol. The molecule has 0 saturated carbocycles. The van der Waals surface area contributed by atoms with Crippen LogP contribution in [0, 0.1) is 0 Å². The third-order valence-electron chi connectivity index (χ3n) is 4.39. The molecule has 1 amide bonds. The summed E-state index contributed by atoms with van der Waals surface area (Å²) in [7, 11) is 0. The molecule has 0 fully saturated rings. The van der Waals surface area contributed by atoms with Gasteiger partial charge in [0.1, 0.15) is 5.75 Å². The van der Waals surface area contributed by atoms with Crippen LogP contribution in [0.3, 0.4) is 0 Å². The van der Waals surface area contributed by atoms with Crippen molar-refractivity contribution in [3.63, 3.8) is 0 Å². The molecule has 27 heavy (non-hydrogen) atoms. The molecule has 5 nitrogen and oxygen atoms in total. The van der Waals surface area contributed by atoms with Gasteiger partial charge in [-0.25, -0.2) is 0 Å². The normalized spacial score (nSPS) is 15.4. The average Bonchev–Trinajstić information content (AvgIpc) is 2.71. The zero-order chi connectivity index (χ0) is 19.1. The molecule has 2 aromatic rings. The number of para-hydroxylation sites is 1. The fraction of sp³-hybridized carbons (Fsp3) is 0.409. The Morgan fingerprint density at radius 2 is 1.81 bits per heavy atom. The summed E-state index contributed by atoms with van der Waals surface area (Å²) in [6.45, 7) is 5.90. The predicted molar refractivity (Wildman–Crippen MR) is 105 cm³/mol. The highest BCUT2D eigenvalue weighted by Gasteiger charge is 2.23. The van der Waals surface area contributed by atoms with Crippen molar-refractivity contribution in [2.24, 2.45) is 0 Å². The lowest BCUT2D eigenvalue weighted by Crippen LogP contribution is -2.32. The molecule has 0 spiro atoms. The first-order valence-corrected chi connectivity index (χ1v) is 9.65. The van der Waals surface area contributed by atoms with Gasteiger partial charge in [-0.15, -0.1) is 0 Å². The number of carbonyl (C=O) groups excluding carboxylic acids is 1. The lowest BCUT2D eigenvalue weighted by atomic mass is 10.00. The molecule has 3 rings (SSSR count). The first-order valence-electron chi connectivity index (χ1n) is 9.65. The van der Waals surface area contributed by atoms with Crippen molar-refractivity contribution in [3.8, 4) is 17.2 Å². The minimum Gasteiger partial charge on any atom is -0.493 e. The Morgan fingerprint density at radius 3 is 2.59 bits per heavy atom. The number of nitrogens with one attached hydrogen (secondary N) is 1. The fourth-order valence-corrected chi connectivity index (χ4v) is 3.04. The van der Waals surface area contributed by atoms with E-state index in [2.05, 4.69) is 12.2 Å². The van der Waals surface area contributed by atoms with Gasteiger partial charge in [-0.05, 0) is 37.1 Å². The molecule has 1 aliphatic heterocycles. The van der Waals surface area contributed by atoms with Crippen LogP contribution in [0.1, 0.15) is 55.1 Å². The zero-order valence-electron chi connectivity index (χ0n) is 16.0. The smallest absolute Gasteiger partial charge is 0.251 e. The molecule has 0 unspecified atom stereocenters. The second kappa shape index (κ2) is 9.31. The van der Waals surface area contributed by atoms with Crippen LogP contribution in [0.25, 0.3) is 0 Å². The third kappa shape index (κ3) is 4.73. The Morgan fingerprint density at radius 1 is 1.07 bits per heavy atom. The largest absolute Gasteiger partial charge is 0.493 e. The number of carbonyl (C=O) groups is 1. The summed E-state index contributed by atoms with van der Waals surface area (Å²) in [6, 6.07) is 13.1. The van der Waals surface area contributed by atoms with Gasteiger partial charge in [-0.2, -0.15) is 0 Å². The van der Waals surface area contributed by atoms with Crippen molar-refractivity contribution in [2.45, 2.75) is 39.2 Å². The predicted octanol–water partition coefficient (Wildman–Crippen LogP) is 4.52. The SMILES string of the molecule is CCCOc1ccc(C(=O)N[C@@H]2CCOc3ccccc32)cc1OCCC. The lowest BCUT2D eigenvalue weighted by molar-refractivity contribution is 0.0924. The second-order valence-electron chi connectivity index (χ2n) is 6.56. The lowest BCUT2D eigenvalue weighted by Gasteiger charge is -2.26. The Hall–Kier alpha value is -2.69. The number of benzene rings is 2. The van der Waals surface area contributed by atoms with E-state index in [9.17, 15) is 4.79 Å². The number of hydrogen-bond acceptors (Lipinski definition) is 4. The summed E-state index contributed by atoms with van der Waals surface area (Å²) in [5, 5.41) is 3.12. The molecule has 0 bridgehead atoms. The van der Waals surface area contributed by atoms with Crippen LogP contribution in [-0.4, -0.2) is 25.7 Å². The Balaban J connectivity index is 1.76. The van der Waals surface area contributed by atoms with E-state index >= 15 is 0 Å². The van der Waals surface area contributed by atoms with Gasteiger partial charge in [0.25, 0.3) is 5.91 Å². The topological polar surface area (TPSA) is 56.8 Å². The second-order valence-corrected chi connectivity index (χ2v) is 6.56. The Labute approximate surface area is 160 Å². The van der Waals surface area contributed by atoms with Crippen molar-refractivity contribution in [1.82, 2.24) is 5.32 Å². The van der Waals surface area contributed by atoms with Gasteiger partial charge in [0.15, 0.2) is 11.5 Å². The summed E-state index contributed by atoms with van der Waals surface area (Å²) in [6.07, 6.45) is 2.56. The van der Waals surface area contributed by atoms with Crippen molar-refractivity contribution in [2.75, 3.05) is 19.8 Å². The molecule has 144 valence electrons. The summed E-state index contributed by atoms with van der Waals surface area (Å²) in [5.74, 6) is 2.01. The molecule has 1 heterocycles. The standard InChI is InChI=1S/C22H27NO4/c1-3-12-25-20-10-9-16(15-21(20)26-13-4-2)22(24)23-18-11-14-27-19-8-6-5-7-17(18)19/h5-10,15,18H,3-4,11-14H2,1-2H3,(H,23,24)/t18-/m1/s1. The van der Waals surface area contributed by atoms with E-state index in [1.165, 1.54) is 0 Å². The van der Waals surface area contributed by atoms with E-state index in [4.69, 9.17) is 14.2 Å². The third-order valence-corrected chi connectivity index (χ3v) is 4.39. The van der Waals surface area contributed by atoms with Crippen LogP contribution in [0.15, 0.2) is 42.5 Å². The van der Waals surface area contributed by atoms with E-state index in [1.807, 2.05) is 37.3 Å². The molecule has 1 atom stereocenters. The van der Waals surface area contributed by atoms with Gasteiger partial charge in [-0.1, -0.05) is 32.0 Å². The number of rotatable bonds is 8. The molecule has 2 aromatic carbocycles. The molecule has 0 aliphatic carbocycles. The molecule has 0 aromatic heterocycles. The summed E-state index contributed by atoms with van der Waals surface area (Å²) < 4.78 is 17.2. The summed E-state index contributed by atoms with van der Waals surface area (Å²) in [4.78, 5) is 12.8. The van der Waals surface area contributed by atoms with E-state index in [0.717, 1.165) is 30.6 Å². The minimum absolute atomic E-state index is 0.0570. The summed E-state index contributed by atoms with van der Waals surface area (Å²) >= 11 is 0. The monoisotopic (exact) mass is 369 g/mol. The van der Waals surface area contributed by atoms with E-state index in [1.54, 1.807) is 12.1 Å². The molecule has 5 heteroatoms. The highest BCUT2D eigenvalue weighted by atomic mass is 16.5. The number of ether oxygens (including phenoxy) is 3.